The van der Waals surface area contributed by atoms with Crippen LogP contribution in [0.1, 0.15) is 106 Å². The number of carboxylic acids is 1. The molecule has 1 aliphatic heterocycles. The summed E-state index contributed by atoms with van der Waals surface area (Å²) in [5.41, 5.74) is 0.327. The zero-order valence-electron chi connectivity index (χ0n) is 31.3. The molecule has 1 saturated heterocycles. The second-order valence-electron chi connectivity index (χ2n) is 18.5. The molecule has 6 rings (SSSR count). The zero-order chi connectivity index (χ0) is 36.8. The number of carbonyl (C=O) groups is 2. The van der Waals surface area contributed by atoms with Crippen molar-refractivity contribution < 1.29 is 49.4 Å². The number of aliphatic hydroxyl groups excluding tert-OH is 4. The lowest BCUT2D eigenvalue weighted by atomic mass is 9.32. The summed E-state index contributed by atoms with van der Waals surface area (Å²) >= 11 is 0. The second kappa shape index (κ2) is 13.1. The van der Waals surface area contributed by atoms with Crippen LogP contribution in [-0.4, -0.2) is 99.5 Å². The Morgan fingerprint density at radius 2 is 1.56 bits per heavy atom. The zero-order valence-corrected chi connectivity index (χ0v) is 31.3. The summed E-state index contributed by atoms with van der Waals surface area (Å²) in [6, 6.07) is 0. The maximum Gasteiger partial charge on any atom is 0.323 e. The van der Waals surface area contributed by atoms with Crippen molar-refractivity contribution >= 4 is 11.9 Å². The Hall–Kier alpha value is -1.60. The van der Waals surface area contributed by atoms with E-state index in [1.807, 2.05) is 0 Å². The molecule has 0 aromatic heterocycles. The molecule has 1 heterocycles. The molecule has 5 aliphatic carbocycles. The molecule has 50 heavy (non-hydrogen) atoms. The number of fused-ring (bicyclic) bond motifs is 7. The number of hydrogen-bond acceptors (Lipinski definition) is 10. The minimum Gasteiger partial charge on any atom is -0.481 e. The molecule has 0 spiro atoms. The lowest BCUT2D eigenvalue weighted by molar-refractivity contribution is -0.327. The fraction of sp³-hybridized carbons (Fsp3) is 0.897. The molecule has 0 bridgehead atoms. The van der Waals surface area contributed by atoms with E-state index in [0.717, 1.165) is 68.4 Å². The summed E-state index contributed by atoms with van der Waals surface area (Å²) in [5.74, 6) is 0.404. The van der Waals surface area contributed by atoms with Gasteiger partial charge in [0.05, 0.1) is 19.1 Å². The van der Waals surface area contributed by atoms with Crippen LogP contribution in [0, 0.1) is 56.7 Å². The Labute approximate surface area is 297 Å². The number of hydroxylamine groups is 2. The van der Waals surface area contributed by atoms with Crippen LogP contribution in [0.15, 0.2) is 12.2 Å². The van der Waals surface area contributed by atoms with E-state index in [1.54, 1.807) is 0 Å². The molecule has 11 heteroatoms. The standard InChI is InChI=1S/C39H63NO10/c1-21(2)22-11-16-39(34(46)47)18-17-37(6)23(29(22)39)9-10-26-36(5)14-13-27(35(3,4)25(36)12-15-38(26,37)7)50-28(42)19-40(48-8)33-32(45)31(44)30(43)24(20-41)49-33/h22-27,29-33,41,43-45H,1,9-20H2,2-8H3,(H,46,47)/t22?,23?,24?,25?,26?,27?,29?,30-,31?,32?,33-,36?,37-,38?,39?/m1/s1. The van der Waals surface area contributed by atoms with Crippen molar-refractivity contribution in [3.05, 3.63) is 12.2 Å². The molecule has 0 aromatic carbocycles. The van der Waals surface area contributed by atoms with E-state index >= 15 is 0 Å². The van der Waals surface area contributed by atoms with E-state index in [2.05, 4.69) is 48.1 Å². The smallest absolute Gasteiger partial charge is 0.323 e. The van der Waals surface area contributed by atoms with Gasteiger partial charge in [-0.1, -0.05) is 46.8 Å². The highest BCUT2D eigenvalue weighted by Gasteiger charge is 2.72. The van der Waals surface area contributed by atoms with E-state index in [0.29, 0.717) is 24.2 Å². The lowest BCUT2D eigenvalue weighted by Crippen LogP contribution is -2.67. The Balaban J connectivity index is 1.19. The van der Waals surface area contributed by atoms with E-state index in [-0.39, 0.29) is 46.1 Å². The molecule has 0 aromatic rings. The van der Waals surface area contributed by atoms with Crippen LogP contribution in [0.2, 0.25) is 0 Å². The molecule has 284 valence electrons. The summed E-state index contributed by atoms with van der Waals surface area (Å²) in [5, 5.41) is 52.4. The van der Waals surface area contributed by atoms with Gasteiger partial charge in [-0.05, 0) is 117 Å². The van der Waals surface area contributed by atoms with Gasteiger partial charge in [-0.25, -0.2) is 0 Å². The average Bonchev–Trinajstić information content (AvgIpc) is 3.46. The SMILES string of the molecule is C=C(C)C1CCC2(C(=O)O)CC[C@]3(C)C(CCC4C5(C)CCC(OC(=O)CN(OC)[C@@H]6OC(CO)[C@@H](O)C(O)C6O)C(C)(C)C5CCC43C)C12. The number of esters is 1. The molecular formula is C39H63NO10. The number of carbonyl (C=O) groups excluding carboxylic acids is 1. The summed E-state index contributed by atoms with van der Waals surface area (Å²) < 4.78 is 11.8. The Morgan fingerprint density at radius 1 is 0.860 bits per heavy atom. The maximum atomic E-state index is 13.5. The normalized spacial score (nSPS) is 49.6. The topological polar surface area (TPSA) is 166 Å². The highest BCUT2D eigenvalue weighted by molar-refractivity contribution is 5.76. The number of aliphatic hydroxyl groups is 4. The maximum absolute atomic E-state index is 13.5. The van der Waals surface area contributed by atoms with Gasteiger partial charge < -0.3 is 35.0 Å². The molecule has 6 aliphatic rings. The van der Waals surface area contributed by atoms with Crippen LogP contribution in [0.3, 0.4) is 0 Å². The molecule has 0 amide bonds. The quantitative estimate of drug-likeness (QED) is 0.139. The van der Waals surface area contributed by atoms with Gasteiger partial charge in [0.25, 0.3) is 0 Å². The lowest BCUT2D eigenvalue weighted by Gasteiger charge is -2.72. The van der Waals surface area contributed by atoms with Gasteiger partial charge in [0, 0.05) is 5.41 Å². The van der Waals surface area contributed by atoms with Gasteiger partial charge in [0.1, 0.15) is 37.1 Å². The third kappa shape index (κ3) is 5.37. The summed E-state index contributed by atoms with van der Waals surface area (Å²) in [6.07, 6.45) is 1.79. The molecule has 5 N–H and O–H groups in total. The molecular weight excluding hydrogens is 642 g/mol. The number of hydrogen-bond donors (Lipinski definition) is 5. The van der Waals surface area contributed by atoms with Gasteiger partial charge in [0.2, 0.25) is 0 Å². The van der Waals surface area contributed by atoms with Crippen molar-refractivity contribution in [1.29, 1.82) is 0 Å². The molecule has 12 unspecified atom stereocenters. The predicted octanol–water partition coefficient (Wildman–Crippen LogP) is 4.30. The first kappa shape index (κ1) is 38.1. The number of aliphatic carboxylic acids is 1. The van der Waals surface area contributed by atoms with Gasteiger partial charge in [0.15, 0.2) is 6.23 Å². The number of nitrogens with zero attached hydrogens (tertiary/aromatic N) is 1. The molecule has 0 radical (unpaired) electrons. The molecule has 15 atom stereocenters. The van der Waals surface area contributed by atoms with Gasteiger partial charge in [-0.15, -0.1) is 5.06 Å². The van der Waals surface area contributed by atoms with Crippen molar-refractivity contribution in [2.75, 3.05) is 20.3 Å². The molecule has 6 fully saturated rings. The summed E-state index contributed by atoms with van der Waals surface area (Å²) in [4.78, 5) is 31.8. The number of allylic oxidation sites excluding steroid dienone is 1. The first-order valence-corrected chi connectivity index (χ1v) is 19.0. The van der Waals surface area contributed by atoms with Crippen LogP contribution in [0.4, 0.5) is 0 Å². The van der Waals surface area contributed by atoms with E-state index in [9.17, 15) is 35.1 Å². The van der Waals surface area contributed by atoms with Crippen LogP contribution < -0.4 is 0 Å². The molecule has 11 nitrogen and oxygen atoms in total. The average molecular weight is 706 g/mol. The van der Waals surface area contributed by atoms with Crippen LogP contribution in [0.5, 0.6) is 0 Å². The minimum atomic E-state index is -1.59. The number of rotatable bonds is 8. The highest BCUT2D eigenvalue weighted by atomic mass is 16.7. The Kier molecular flexibility index (Phi) is 9.96. The third-order valence-electron chi connectivity index (χ3n) is 16.4. The highest BCUT2D eigenvalue weighted by Crippen LogP contribution is 2.77. The predicted molar refractivity (Wildman–Crippen MR) is 184 cm³/mol. The summed E-state index contributed by atoms with van der Waals surface area (Å²) in [7, 11) is 1.32. The fourth-order valence-corrected chi connectivity index (χ4v) is 13.6. The fourth-order valence-electron chi connectivity index (χ4n) is 13.6. The van der Waals surface area contributed by atoms with E-state index in [1.165, 1.54) is 7.11 Å². The first-order valence-electron chi connectivity index (χ1n) is 19.0. The van der Waals surface area contributed by atoms with Gasteiger partial charge in [-0.2, -0.15) is 0 Å². The Morgan fingerprint density at radius 3 is 2.18 bits per heavy atom. The number of carboxylic acid groups (broad SMARTS) is 1. The number of ether oxygens (including phenoxy) is 2. The largest absolute Gasteiger partial charge is 0.481 e. The van der Waals surface area contributed by atoms with Crippen LogP contribution in [-0.2, 0) is 23.9 Å². The van der Waals surface area contributed by atoms with Crippen molar-refractivity contribution in [2.45, 2.75) is 142 Å². The third-order valence-corrected chi connectivity index (χ3v) is 16.4. The van der Waals surface area contributed by atoms with Gasteiger partial charge >= 0.3 is 11.9 Å². The van der Waals surface area contributed by atoms with E-state index < -0.39 is 54.6 Å². The minimum absolute atomic E-state index is 0.0348. The van der Waals surface area contributed by atoms with Crippen LogP contribution >= 0.6 is 0 Å². The Bertz CT molecular complexity index is 1340. The molecule has 5 saturated carbocycles. The first-order chi connectivity index (χ1) is 23.3. The monoisotopic (exact) mass is 705 g/mol. The van der Waals surface area contributed by atoms with Crippen molar-refractivity contribution in [2.24, 2.45) is 56.7 Å². The van der Waals surface area contributed by atoms with Crippen molar-refractivity contribution in [3.63, 3.8) is 0 Å². The van der Waals surface area contributed by atoms with Crippen molar-refractivity contribution in [1.82, 2.24) is 5.06 Å². The summed E-state index contributed by atoms with van der Waals surface area (Å²) in [6.45, 7) is 17.5. The van der Waals surface area contributed by atoms with Crippen molar-refractivity contribution in [3.8, 4) is 0 Å². The van der Waals surface area contributed by atoms with Gasteiger partial charge in [-0.3, -0.25) is 14.4 Å². The van der Waals surface area contributed by atoms with Crippen LogP contribution in [0.25, 0.3) is 0 Å². The second-order valence-corrected chi connectivity index (χ2v) is 18.5. The van der Waals surface area contributed by atoms with E-state index in [4.69, 9.17) is 14.3 Å².